The third-order valence-corrected chi connectivity index (χ3v) is 3.44. The van der Waals surface area contributed by atoms with E-state index >= 15 is 0 Å². The summed E-state index contributed by atoms with van der Waals surface area (Å²) in [6, 6.07) is 4.11. The minimum Gasteiger partial charge on any atom is -0.326 e. The molecule has 16 heavy (non-hydrogen) atoms. The molecule has 1 aliphatic heterocycles. The molecule has 1 aromatic rings. The number of rotatable bonds is 0. The van der Waals surface area contributed by atoms with E-state index in [1.165, 1.54) is 38.5 Å². The standard InChI is InChI=1S/C14H21NO/c16-14-12-8-6-4-2-1-3-5-7-9-13(15-14)11-10-12/h10-11H,1-9H2,(H,15,16). The zero-order chi connectivity index (χ0) is 11.2. The summed E-state index contributed by atoms with van der Waals surface area (Å²) in [5, 5.41) is 0. The van der Waals surface area contributed by atoms with Gasteiger partial charge in [0.05, 0.1) is 0 Å². The van der Waals surface area contributed by atoms with Crippen molar-refractivity contribution in [1.82, 2.24) is 4.98 Å². The van der Waals surface area contributed by atoms with Crippen molar-refractivity contribution in [1.29, 1.82) is 0 Å². The van der Waals surface area contributed by atoms with E-state index in [2.05, 4.69) is 11.1 Å². The van der Waals surface area contributed by atoms with Crippen LogP contribution in [0.1, 0.15) is 56.2 Å². The molecule has 2 nitrogen and oxygen atoms in total. The molecule has 2 bridgehead atoms. The monoisotopic (exact) mass is 219 g/mol. The van der Waals surface area contributed by atoms with Crippen molar-refractivity contribution in [3.05, 3.63) is 33.7 Å². The maximum Gasteiger partial charge on any atom is 0.251 e. The van der Waals surface area contributed by atoms with Gasteiger partial charge in [0.25, 0.3) is 5.56 Å². The Hall–Kier alpha value is -1.05. The first-order valence-corrected chi connectivity index (χ1v) is 6.57. The highest BCUT2D eigenvalue weighted by atomic mass is 16.1. The van der Waals surface area contributed by atoms with Crippen LogP contribution in [0.3, 0.4) is 0 Å². The Morgan fingerprint density at radius 2 is 1.44 bits per heavy atom. The lowest BCUT2D eigenvalue weighted by molar-refractivity contribution is 0.580. The van der Waals surface area contributed by atoms with Gasteiger partial charge in [0, 0.05) is 11.3 Å². The predicted molar refractivity (Wildman–Crippen MR) is 66.8 cm³/mol. The minimum absolute atomic E-state index is 0.136. The van der Waals surface area contributed by atoms with E-state index in [0.717, 1.165) is 30.5 Å². The van der Waals surface area contributed by atoms with Gasteiger partial charge in [-0.1, -0.05) is 38.2 Å². The SMILES string of the molecule is O=c1[nH]c2ccc1CCCCCCCCC2. The zero-order valence-corrected chi connectivity index (χ0v) is 9.93. The Kier molecular flexibility index (Phi) is 4.20. The van der Waals surface area contributed by atoms with Crippen LogP contribution in [0.5, 0.6) is 0 Å². The van der Waals surface area contributed by atoms with Crippen molar-refractivity contribution in [2.24, 2.45) is 0 Å². The summed E-state index contributed by atoms with van der Waals surface area (Å²) >= 11 is 0. The Balaban J connectivity index is 2.10. The Morgan fingerprint density at radius 1 is 0.812 bits per heavy atom. The van der Waals surface area contributed by atoms with E-state index in [4.69, 9.17) is 0 Å². The Labute approximate surface area is 97.1 Å². The summed E-state index contributed by atoms with van der Waals surface area (Å²) in [4.78, 5) is 14.8. The molecule has 0 fully saturated rings. The van der Waals surface area contributed by atoms with E-state index in [9.17, 15) is 4.79 Å². The molecule has 2 heterocycles. The third-order valence-electron chi connectivity index (χ3n) is 3.44. The Morgan fingerprint density at radius 3 is 2.12 bits per heavy atom. The van der Waals surface area contributed by atoms with Crippen molar-refractivity contribution < 1.29 is 0 Å². The van der Waals surface area contributed by atoms with E-state index in [-0.39, 0.29) is 5.56 Å². The van der Waals surface area contributed by atoms with Crippen LogP contribution in [-0.4, -0.2) is 4.98 Å². The van der Waals surface area contributed by atoms with Crippen LogP contribution in [-0.2, 0) is 12.8 Å². The molecule has 0 saturated heterocycles. The average molecular weight is 219 g/mol. The molecular formula is C14H21NO. The number of hydrogen-bond acceptors (Lipinski definition) is 1. The molecular weight excluding hydrogens is 198 g/mol. The van der Waals surface area contributed by atoms with E-state index in [1.807, 2.05) is 6.07 Å². The first-order chi connectivity index (χ1) is 7.86. The number of fused-ring (bicyclic) bond motifs is 10. The number of nitrogens with one attached hydrogen (secondary N) is 1. The molecule has 0 atom stereocenters. The molecule has 1 aromatic heterocycles. The number of aromatic amines is 1. The molecule has 2 aliphatic rings. The number of H-pyrrole nitrogens is 1. The second-order valence-corrected chi connectivity index (χ2v) is 4.81. The van der Waals surface area contributed by atoms with Crippen LogP contribution in [0, 0.1) is 0 Å². The molecule has 0 spiro atoms. The van der Waals surface area contributed by atoms with E-state index in [0.29, 0.717) is 0 Å². The fraction of sp³-hybridized carbons (Fsp3) is 0.643. The van der Waals surface area contributed by atoms with Crippen molar-refractivity contribution in [2.45, 2.75) is 57.8 Å². The first-order valence-electron chi connectivity index (χ1n) is 6.57. The summed E-state index contributed by atoms with van der Waals surface area (Å²) in [6.45, 7) is 0. The summed E-state index contributed by atoms with van der Waals surface area (Å²) in [6.07, 6.45) is 10.9. The largest absolute Gasteiger partial charge is 0.326 e. The number of pyridine rings is 1. The van der Waals surface area contributed by atoms with Gasteiger partial charge in [0.1, 0.15) is 0 Å². The normalized spacial score (nSPS) is 18.5. The average Bonchev–Trinajstić information content (AvgIpc) is 2.31. The highest BCUT2D eigenvalue weighted by Crippen LogP contribution is 2.12. The predicted octanol–water partition coefficient (Wildman–Crippen LogP) is 3.20. The van der Waals surface area contributed by atoms with E-state index < -0.39 is 0 Å². The summed E-state index contributed by atoms with van der Waals surface area (Å²) < 4.78 is 0. The van der Waals surface area contributed by atoms with Crippen LogP contribution in [0.4, 0.5) is 0 Å². The van der Waals surface area contributed by atoms with Crippen LogP contribution < -0.4 is 5.56 Å². The molecule has 3 rings (SSSR count). The van der Waals surface area contributed by atoms with Gasteiger partial charge in [-0.05, 0) is 31.7 Å². The minimum atomic E-state index is 0.136. The summed E-state index contributed by atoms with van der Waals surface area (Å²) in [7, 11) is 0. The van der Waals surface area contributed by atoms with Crippen LogP contribution in [0.25, 0.3) is 0 Å². The third kappa shape index (κ3) is 3.22. The quantitative estimate of drug-likeness (QED) is 0.714. The molecule has 1 N–H and O–H groups in total. The lowest BCUT2D eigenvalue weighted by atomic mass is 10.1. The van der Waals surface area contributed by atoms with E-state index in [1.54, 1.807) is 0 Å². The molecule has 88 valence electrons. The molecule has 0 aromatic carbocycles. The van der Waals surface area contributed by atoms with Crippen molar-refractivity contribution in [2.75, 3.05) is 0 Å². The van der Waals surface area contributed by atoms with Gasteiger partial charge in [0.2, 0.25) is 0 Å². The second kappa shape index (κ2) is 5.88. The highest BCUT2D eigenvalue weighted by molar-refractivity contribution is 5.14. The van der Waals surface area contributed by atoms with Gasteiger partial charge in [-0.25, -0.2) is 0 Å². The fourth-order valence-corrected chi connectivity index (χ4v) is 2.40. The topological polar surface area (TPSA) is 32.9 Å². The number of aromatic nitrogens is 1. The van der Waals surface area contributed by atoms with Gasteiger partial charge >= 0.3 is 0 Å². The Bertz CT molecular complexity index is 381. The summed E-state index contributed by atoms with van der Waals surface area (Å²) in [5.41, 5.74) is 2.20. The van der Waals surface area contributed by atoms with Crippen LogP contribution in [0.15, 0.2) is 16.9 Å². The van der Waals surface area contributed by atoms with Crippen LogP contribution >= 0.6 is 0 Å². The molecule has 2 heteroatoms. The summed E-state index contributed by atoms with van der Waals surface area (Å²) in [5.74, 6) is 0. The van der Waals surface area contributed by atoms with Crippen molar-refractivity contribution in [3.8, 4) is 0 Å². The molecule has 0 saturated carbocycles. The molecule has 0 amide bonds. The second-order valence-electron chi connectivity index (χ2n) is 4.81. The molecule has 0 radical (unpaired) electrons. The van der Waals surface area contributed by atoms with Gasteiger partial charge in [-0.15, -0.1) is 0 Å². The molecule has 1 aliphatic carbocycles. The lowest BCUT2D eigenvalue weighted by Crippen LogP contribution is -2.14. The fourth-order valence-electron chi connectivity index (χ4n) is 2.40. The van der Waals surface area contributed by atoms with Crippen LogP contribution in [0.2, 0.25) is 0 Å². The van der Waals surface area contributed by atoms with Gasteiger partial charge in [-0.2, -0.15) is 0 Å². The zero-order valence-electron chi connectivity index (χ0n) is 9.93. The highest BCUT2D eigenvalue weighted by Gasteiger charge is 2.03. The number of hydrogen-bond donors (Lipinski definition) is 1. The van der Waals surface area contributed by atoms with Gasteiger partial charge < -0.3 is 4.98 Å². The maximum absolute atomic E-state index is 11.8. The molecule has 0 unspecified atom stereocenters. The first kappa shape index (κ1) is 11.4. The van der Waals surface area contributed by atoms with Crippen molar-refractivity contribution in [3.63, 3.8) is 0 Å². The lowest BCUT2D eigenvalue weighted by Gasteiger charge is -2.02. The number of aryl methyl sites for hydroxylation is 2. The maximum atomic E-state index is 11.8. The van der Waals surface area contributed by atoms with Gasteiger partial charge in [-0.3, -0.25) is 4.79 Å². The van der Waals surface area contributed by atoms with Gasteiger partial charge in [0.15, 0.2) is 0 Å². The smallest absolute Gasteiger partial charge is 0.251 e. The van der Waals surface area contributed by atoms with Crippen molar-refractivity contribution >= 4 is 0 Å².